The van der Waals surface area contributed by atoms with E-state index in [4.69, 9.17) is 9.47 Å². The van der Waals surface area contributed by atoms with Crippen LogP contribution in [-0.4, -0.2) is 40.6 Å². The Morgan fingerprint density at radius 1 is 0.914 bits per heavy atom. The molecule has 0 aliphatic carbocycles. The van der Waals surface area contributed by atoms with Crippen molar-refractivity contribution < 1.29 is 27.1 Å². The second kappa shape index (κ2) is 11.7. The van der Waals surface area contributed by atoms with Gasteiger partial charge in [-0.1, -0.05) is 6.07 Å². The van der Waals surface area contributed by atoms with Crippen LogP contribution in [0.25, 0.3) is 0 Å². The molecular formula is C26H29FN2O5S. The molecule has 0 aliphatic heterocycles. The Balaban J connectivity index is 1.71. The number of benzene rings is 3. The molecule has 1 N–H and O–H groups in total. The molecule has 0 aliphatic rings. The van der Waals surface area contributed by atoms with Gasteiger partial charge in [0.05, 0.1) is 23.7 Å². The summed E-state index contributed by atoms with van der Waals surface area (Å²) in [6.45, 7) is 6.26. The lowest BCUT2D eigenvalue weighted by Crippen LogP contribution is -2.41. The third-order valence-electron chi connectivity index (χ3n) is 5.30. The molecule has 3 rings (SSSR count). The van der Waals surface area contributed by atoms with Gasteiger partial charge in [-0.05, 0) is 92.6 Å². The van der Waals surface area contributed by atoms with E-state index < -0.39 is 28.3 Å². The average molecular weight is 501 g/mol. The maximum absolute atomic E-state index is 13.4. The maximum Gasteiger partial charge on any atom is 0.264 e. The van der Waals surface area contributed by atoms with Crippen molar-refractivity contribution >= 4 is 21.6 Å². The Morgan fingerprint density at radius 3 is 2.20 bits per heavy atom. The molecule has 3 aromatic carbocycles. The van der Waals surface area contributed by atoms with Gasteiger partial charge >= 0.3 is 0 Å². The molecule has 0 heterocycles. The van der Waals surface area contributed by atoms with E-state index in [1.54, 1.807) is 24.3 Å². The summed E-state index contributed by atoms with van der Waals surface area (Å²) in [5.74, 6) is 0.201. The molecule has 186 valence electrons. The van der Waals surface area contributed by atoms with Crippen LogP contribution in [0.3, 0.4) is 0 Å². The number of nitrogens with one attached hydrogen (secondary N) is 1. The molecule has 3 aromatic rings. The molecule has 0 fully saturated rings. The van der Waals surface area contributed by atoms with E-state index in [0.717, 1.165) is 27.6 Å². The number of anilines is 1. The van der Waals surface area contributed by atoms with Crippen molar-refractivity contribution in [3.05, 3.63) is 83.7 Å². The van der Waals surface area contributed by atoms with Crippen molar-refractivity contribution in [1.29, 1.82) is 0 Å². The van der Waals surface area contributed by atoms with Crippen molar-refractivity contribution in [2.75, 3.05) is 30.6 Å². The molecule has 0 saturated heterocycles. The summed E-state index contributed by atoms with van der Waals surface area (Å²) in [7, 11) is -4.14. The Morgan fingerprint density at radius 2 is 1.57 bits per heavy atom. The fourth-order valence-electron chi connectivity index (χ4n) is 3.27. The zero-order valence-electron chi connectivity index (χ0n) is 20.0. The van der Waals surface area contributed by atoms with Crippen LogP contribution in [0.15, 0.2) is 71.6 Å². The lowest BCUT2D eigenvalue weighted by molar-refractivity contribution is -0.119. The van der Waals surface area contributed by atoms with E-state index in [2.05, 4.69) is 5.32 Å². The zero-order valence-corrected chi connectivity index (χ0v) is 20.8. The fraction of sp³-hybridized carbons (Fsp3) is 0.269. The molecule has 0 aromatic heterocycles. The van der Waals surface area contributed by atoms with Gasteiger partial charge < -0.3 is 14.8 Å². The third kappa shape index (κ3) is 6.95. The Labute approximate surface area is 205 Å². The zero-order chi connectivity index (χ0) is 25.4. The minimum atomic E-state index is -4.14. The molecule has 7 nitrogen and oxygen atoms in total. The summed E-state index contributed by atoms with van der Waals surface area (Å²) < 4.78 is 52.1. The van der Waals surface area contributed by atoms with Crippen LogP contribution in [0.2, 0.25) is 0 Å². The van der Waals surface area contributed by atoms with Crippen molar-refractivity contribution in [2.45, 2.75) is 25.7 Å². The van der Waals surface area contributed by atoms with E-state index in [0.29, 0.717) is 18.1 Å². The second-order valence-electron chi connectivity index (χ2n) is 7.84. The number of sulfonamides is 1. The van der Waals surface area contributed by atoms with Gasteiger partial charge in [-0.15, -0.1) is 0 Å². The third-order valence-corrected chi connectivity index (χ3v) is 7.08. The molecular weight excluding hydrogens is 471 g/mol. The number of aryl methyl sites for hydroxylation is 2. The van der Waals surface area contributed by atoms with Gasteiger partial charge in [0.2, 0.25) is 5.91 Å². The summed E-state index contributed by atoms with van der Waals surface area (Å²) >= 11 is 0. The van der Waals surface area contributed by atoms with E-state index >= 15 is 0 Å². The maximum atomic E-state index is 13.4. The monoisotopic (exact) mass is 500 g/mol. The number of nitrogens with zero attached hydrogens (tertiary/aromatic N) is 1. The van der Waals surface area contributed by atoms with Crippen LogP contribution in [0.4, 0.5) is 10.1 Å². The smallest absolute Gasteiger partial charge is 0.264 e. The standard InChI is InChI=1S/C26H29FN2O5S/c1-4-33-23-11-8-22(9-12-23)29(35(31,32)25-13-6-21(27)7-14-25)18-26(30)28-15-16-34-24-10-5-19(2)20(3)17-24/h5-14,17H,4,15-16,18H2,1-3H3,(H,28,30). The quantitative estimate of drug-likeness (QED) is 0.398. The topological polar surface area (TPSA) is 84.9 Å². The van der Waals surface area contributed by atoms with Crippen molar-refractivity contribution in [3.63, 3.8) is 0 Å². The highest BCUT2D eigenvalue weighted by Gasteiger charge is 2.27. The predicted octanol–water partition coefficient (Wildman–Crippen LogP) is 4.23. The van der Waals surface area contributed by atoms with Crippen molar-refractivity contribution in [3.8, 4) is 11.5 Å². The van der Waals surface area contributed by atoms with Gasteiger partial charge in [-0.2, -0.15) is 0 Å². The lowest BCUT2D eigenvalue weighted by Gasteiger charge is -2.24. The van der Waals surface area contributed by atoms with Gasteiger partial charge in [0.1, 0.15) is 30.5 Å². The highest BCUT2D eigenvalue weighted by Crippen LogP contribution is 2.26. The molecule has 0 bridgehead atoms. The predicted molar refractivity (Wildman–Crippen MR) is 133 cm³/mol. The highest BCUT2D eigenvalue weighted by molar-refractivity contribution is 7.92. The van der Waals surface area contributed by atoms with Gasteiger partial charge in [0.25, 0.3) is 10.0 Å². The molecule has 0 saturated carbocycles. The van der Waals surface area contributed by atoms with Gasteiger partial charge in [-0.3, -0.25) is 9.10 Å². The molecule has 0 radical (unpaired) electrons. The number of amides is 1. The molecule has 35 heavy (non-hydrogen) atoms. The Kier molecular flexibility index (Phi) is 8.70. The average Bonchev–Trinajstić information content (AvgIpc) is 2.83. The minimum Gasteiger partial charge on any atom is -0.494 e. The molecule has 0 atom stereocenters. The normalized spacial score (nSPS) is 11.1. The molecule has 0 unspecified atom stereocenters. The van der Waals surface area contributed by atoms with Gasteiger partial charge in [-0.25, -0.2) is 12.8 Å². The first-order chi connectivity index (χ1) is 16.7. The Bertz CT molecular complexity index is 1250. The summed E-state index contributed by atoms with van der Waals surface area (Å²) in [6, 6.07) is 16.6. The first-order valence-electron chi connectivity index (χ1n) is 11.2. The van der Waals surface area contributed by atoms with E-state index in [-0.39, 0.29) is 23.7 Å². The van der Waals surface area contributed by atoms with Crippen LogP contribution in [0.5, 0.6) is 11.5 Å². The molecule has 1 amide bonds. The largest absolute Gasteiger partial charge is 0.494 e. The van der Waals surface area contributed by atoms with Crippen molar-refractivity contribution in [1.82, 2.24) is 5.32 Å². The number of ether oxygens (including phenoxy) is 2. The van der Waals surface area contributed by atoms with Crippen LogP contribution in [0, 0.1) is 19.7 Å². The second-order valence-corrected chi connectivity index (χ2v) is 9.70. The highest BCUT2D eigenvalue weighted by atomic mass is 32.2. The van der Waals surface area contributed by atoms with E-state index in [1.165, 1.54) is 12.1 Å². The lowest BCUT2D eigenvalue weighted by atomic mass is 10.1. The van der Waals surface area contributed by atoms with Crippen LogP contribution < -0.4 is 19.1 Å². The SMILES string of the molecule is CCOc1ccc(N(CC(=O)NCCOc2ccc(C)c(C)c2)S(=O)(=O)c2ccc(F)cc2)cc1. The fourth-order valence-corrected chi connectivity index (χ4v) is 4.69. The molecule has 0 spiro atoms. The van der Waals surface area contributed by atoms with Crippen molar-refractivity contribution in [2.24, 2.45) is 0 Å². The first kappa shape index (κ1) is 26.0. The summed E-state index contributed by atoms with van der Waals surface area (Å²) in [5, 5.41) is 2.69. The molecule has 9 heteroatoms. The number of carbonyl (C=O) groups excluding carboxylic acids is 1. The summed E-state index contributed by atoms with van der Waals surface area (Å²) in [6.07, 6.45) is 0. The van der Waals surface area contributed by atoms with Crippen LogP contribution in [-0.2, 0) is 14.8 Å². The first-order valence-corrected chi connectivity index (χ1v) is 12.6. The van der Waals surface area contributed by atoms with E-state index in [1.807, 2.05) is 39.0 Å². The van der Waals surface area contributed by atoms with Gasteiger partial charge in [0, 0.05) is 0 Å². The number of hydrogen-bond donors (Lipinski definition) is 1. The van der Waals surface area contributed by atoms with Crippen LogP contribution >= 0.6 is 0 Å². The number of rotatable bonds is 11. The number of hydrogen-bond acceptors (Lipinski definition) is 5. The summed E-state index contributed by atoms with van der Waals surface area (Å²) in [4.78, 5) is 12.6. The van der Waals surface area contributed by atoms with Crippen LogP contribution in [0.1, 0.15) is 18.1 Å². The van der Waals surface area contributed by atoms with Gasteiger partial charge in [0.15, 0.2) is 0 Å². The summed E-state index contributed by atoms with van der Waals surface area (Å²) in [5.41, 5.74) is 2.53. The van der Waals surface area contributed by atoms with E-state index in [9.17, 15) is 17.6 Å². The number of halogens is 1. The number of carbonyl (C=O) groups is 1. The Hall–Kier alpha value is -3.59. The minimum absolute atomic E-state index is 0.126.